The Hall–Kier alpha value is -1.17. The van der Waals surface area contributed by atoms with Gasteiger partial charge >= 0.3 is 0 Å². The molecular weight excluding hydrogens is 404 g/mol. The van der Waals surface area contributed by atoms with Gasteiger partial charge < -0.3 is 50.0 Å². The summed E-state index contributed by atoms with van der Waals surface area (Å²) in [6.07, 6.45) is -6.31. The van der Waals surface area contributed by atoms with Gasteiger partial charge in [-0.15, -0.1) is 12.3 Å². The number of rotatable bonds is 9. The fourth-order valence-corrected chi connectivity index (χ4v) is 3.65. The smallest absolute Gasteiger partial charge is 0.187 e. The number of aliphatic hydroxyl groups excluding tert-OH is 6. The van der Waals surface area contributed by atoms with Crippen LogP contribution < -0.4 is 0 Å². The molecule has 0 amide bonds. The van der Waals surface area contributed by atoms with Gasteiger partial charge in [-0.2, -0.15) is 0 Å². The van der Waals surface area contributed by atoms with Crippen molar-refractivity contribution in [2.75, 3.05) is 19.8 Å². The molecule has 0 aromatic carbocycles. The number of ether oxygens (including phenoxy) is 3. The molecule has 7 N–H and O–H groups in total. The van der Waals surface area contributed by atoms with E-state index in [0.717, 1.165) is 0 Å². The first-order valence-electron chi connectivity index (χ1n) is 9.71. The number of terminal acetylenes is 1. The van der Waals surface area contributed by atoms with E-state index in [4.69, 9.17) is 20.6 Å². The summed E-state index contributed by atoms with van der Waals surface area (Å²) in [5.41, 5.74) is -2.03. The number of carbonyl (C=O) groups excluding carboxylic acids is 1. The van der Waals surface area contributed by atoms with E-state index in [0.29, 0.717) is 0 Å². The van der Waals surface area contributed by atoms with Crippen molar-refractivity contribution in [3.05, 3.63) is 0 Å². The van der Waals surface area contributed by atoms with E-state index in [2.05, 4.69) is 5.92 Å². The zero-order valence-electron chi connectivity index (χ0n) is 16.4. The Morgan fingerprint density at radius 1 is 1.10 bits per heavy atom. The van der Waals surface area contributed by atoms with Crippen molar-refractivity contribution in [1.29, 1.82) is 0 Å². The number of carbonyl (C=O) groups is 1. The number of aliphatic hydroxyl groups is 7. The number of ketones is 1. The molecule has 2 aliphatic rings. The first kappa shape index (κ1) is 25.1. The van der Waals surface area contributed by atoms with Crippen LogP contribution in [0.15, 0.2) is 0 Å². The first-order chi connectivity index (χ1) is 14.2. The zero-order chi connectivity index (χ0) is 22.5. The minimum Gasteiger partial charge on any atom is -0.394 e. The molecule has 2 aliphatic heterocycles. The summed E-state index contributed by atoms with van der Waals surface area (Å²) in [6, 6.07) is 0. The highest BCUT2D eigenvalue weighted by molar-refractivity contribution is 5.79. The molecule has 2 fully saturated rings. The van der Waals surface area contributed by atoms with Crippen LogP contribution in [0.4, 0.5) is 0 Å². The van der Waals surface area contributed by atoms with E-state index in [9.17, 15) is 40.5 Å². The van der Waals surface area contributed by atoms with Gasteiger partial charge in [-0.1, -0.05) is 0 Å². The lowest BCUT2D eigenvalue weighted by molar-refractivity contribution is -0.343. The molecule has 0 aliphatic carbocycles. The molecule has 11 heteroatoms. The summed E-state index contributed by atoms with van der Waals surface area (Å²) in [7, 11) is 0. The molecule has 0 spiro atoms. The van der Waals surface area contributed by atoms with Crippen molar-refractivity contribution in [3.63, 3.8) is 0 Å². The van der Waals surface area contributed by atoms with E-state index in [1.54, 1.807) is 0 Å². The molecule has 11 nitrogen and oxygen atoms in total. The molecule has 0 aromatic heterocycles. The topological polar surface area (TPSA) is 186 Å². The van der Waals surface area contributed by atoms with Crippen molar-refractivity contribution in [2.45, 2.75) is 80.3 Å². The Morgan fingerprint density at radius 2 is 1.80 bits per heavy atom. The largest absolute Gasteiger partial charge is 0.394 e. The van der Waals surface area contributed by atoms with E-state index in [1.807, 2.05) is 0 Å². The maximum Gasteiger partial charge on any atom is 0.187 e. The molecule has 6 unspecified atom stereocenters. The minimum absolute atomic E-state index is 0.0767. The van der Waals surface area contributed by atoms with Crippen molar-refractivity contribution in [1.82, 2.24) is 0 Å². The first-order valence-corrected chi connectivity index (χ1v) is 9.71. The average molecular weight is 434 g/mol. The Morgan fingerprint density at radius 3 is 2.37 bits per heavy atom. The van der Waals surface area contributed by atoms with Crippen LogP contribution >= 0.6 is 0 Å². The van der Waals surface area contributed by atoms with Gasteiger partial charge in [0.05, 0.1) is 32.0 Å². The standard InChI is InChI=1S/C19H30O11/c1-2-3-4-10(23)5-12-14(24)15(25)16(13(8-21)29-12)30-18-17(26)19(27,9-22)6-11(7-20)28-18/h1,11-18,20-22,24-27H,3-9H2/t11?,12-,13?,14?,15?,16+,17?,18-,19?/m0/s1. The van der Waals surface area contributed by atoms with Gasteiger partial charge in [0.1, 0.15) is 41.9 Å². The Balaban J connectivity index is 2.11. The lowest BCUT2D eigenvalue weighted by atomic mass is 9.87. The summed E-state index contributed by atoms with van der Waals surface area (Å²) in [5, 5.41) is 70.1. The van der Waals surface area contributed by atoms with Crippen LogP contribution in [0.3, 0.4) is 0 Å². The van der Waals surface area contributed by atoms with Gasteiger partial charge in [0, 0.05) is 25.7 Å². The van der Waals surface area contributed by atoms with E-state index in [-0.39, 0.29) is 31.5 Å². The van der Waals surface area contributed by atoms with Gasteiger partial charge in [0.15, 0.2) is 6.29 Å². The second-order valence-corrected chi connectivity index (χ2v) is 7.64. The molecular formula is C19H30O11. The number of hydrogen-bond acceptors (Lipinski definition) is 11. The summed E-state index contributed by atoms with van der Waals surface area (Å²) < 4.78 is 16.4. The Bertz CT molecular complexity index is 606. The van der Waals surface area contributed by atoms with Crippen LogP contribution in [0, 0.1) is 12.3 Å². The second-order valence-electron chi connectivity index (χ2n) is 7.64. The summed E-state index contributed by atoms with van der Waals surface area (Å²) in [5.74, 6) is 2.04. The number of hydrogen-bond donors (Lipinski definition) is 7. The van der Waals surface area contributed by atoms with Crippen LogP contribution in [0.25, 0.3) is 0 Å². The van der Waals surface area contributed by atoms with E-state index < -0.39 is 74.4 Å². The second kappa shape index (κ2) is 10.9. The third kappa shape index (κ3) is 5.54. The van der Waals surface area contributed by atoms with Crippen molar-refractivity contribution in [3.8, 4) is 12.3 Å². The molecule has 0 aromatic rings. The predicted octanol–water partition coefficient (Wildman–Crippen LogP) is -3.58. The zero-order valence-corrected chi connectivity index (χ0v) is 16.4. The highest BCUT2D eigenvalue weighted by Gasteiger charge is 2.52. The SMILES string of the molecule is C#CCCC(=O)C[C@@H]1OC(CO)[C@@H](O[C@@H]2OC(CO)CC(O)(CO)C2O)C(O)C1O. The minimum atomic E-state index is -2.03. The normalized spacial score (nSPS) is 41.9. The van der Waals surface area contributed by atoms with E-state index in [1.165, 1.54) is 0 Å². The summed E-state index contributed by atoms with van der Waals surface area (Å²) in [4.78, 5) is 11.9. The van der Waals surface area contributed by atoms with Crippen molar-refractivity contribution in [2.24, 2.45) is 0 Å². The summed E-state index contributed by atoms with van der Waals surface area (Å²) >= 11 is 0. The third-order valence-corrected chi connectivity index (χ3v) is 5.43. The van der Waals surface area contributed by atoms with Crippen LogP contribution in [0.5, 0.6) is 0 Å². The van der Waals surface area contributed by atoms with Gasteiger partial charge in [0.2, 0.25) is 0 Å². The predicted molar refractivity (Wildman–Crippen MR) is 98.7 cm³/mol. The van der Waals surface area contributed by atoms with Gasteiger partial charge in [-0.05, 0) is 0 Å². The van der Waals surface area contributed by atoms with Crippen molar-refractivity contribution >= 4 is 5.78 Å². The fraction of sp³-hybridized carbons (Fsp3) is 0.842. The van der Waals surface area contributed by atoms with Crippen molar-refractivity contribution < 1.29 is 54.8 Å². The maximum absolute atomic E-state index is 11.9. The summed E-state index contributed by atoms with van der Waals surface area (Å²) in [6.45, 7) is -2.03. The molecule has 172 valence electrons. The van der Waals surface area contributed by atoms with Gasteiger partial charge in [0.25, 0.3) is 0 Å². The quantitative estimate of drug-likeness (QED) is 0.178. The molecule has 2 heterocycles. The number of Topliss-reactive ketones (excluding diaryl/α,β-unsaturated/α-hetero) is 1. The molecule has 30 heavy (non-hydrogen) atoms. The Labute approximate surface area is 173 Å². The van der Waals surface area contributed by atoms with Crippen LogP contribution in [0.2, 0.25) is 0 Å². The third-order valence-electron chi connectivity index (χ3n) is 5.43. The van der Waals surface area contributed by atoms with Crippen LogP contribution in [-0.2, 0) is 19.0 Å². The monoisotopic (exact) mass is 434 g/mol. The Kier molecular flexibility index (Phi) is 9.13. The molecule has 0 bridgehead atoms. The highest BCUT2D eigenvalue weighted by Crippen LogP contribution is 2.33. The fourth-order valence-electron chi connectivity index (χ4n) is 3.65. The molecule has 2 rings (SSSR count). The maximum atomic E-state index is 11.9. The average Bonchev–Trinajstić information content (AvgIpc) is 2.74. The van der Waals surface area contributed by atoms with E-state index >= 15 is 0 Å². The van der Waals surface area contributed by atoms with Crippen LogP contribution in [0.1, 0.15) is 25.7 Å². The molecule has 9 atom stereocenters. The van der Waals surface area contributed by atoms with Gasteiger partial charge in [-0.3, -0.25) is 4.79 Å². The molecule has 2 saturated heterocycles. The molecule has 0 radical (unpaired) electrons. The van der Waals surface area contributed by atoms with Gasteiger partial charge in [-0.25, -0.2) is 0 Å². The lowest BCUT2D eigenvalue weighted by Gasteiger charge is -2.47. The highest BCUT2D eigenvalue weighted by atomic mass is 16.7. The van der Waals surface area contributed by atoms with Crippen LogP contribution in [-0.4, -0.2) is 116 Å². The lowest BCUT2D eigenvalue weighted by Crippen LogP contribution is -2.65. The molecule has 0 saturated carbocycles.